The van der Waals surface area contributed by atoms with Crippen molar-refractivity contribution < 1.29 is 0 Å². The van der Waals surface area contributed by atoms with E-state index in [-0.39, 0.29) is 0 Å². The molecule has 0 aliphatic carbocycles. The molecule has 122 valence electrons. The molecular weight excluding hydrogens is 312 g/mol. The molecule has 0 spiro atoms. The Morgan fingerprint density at radius 2 is 2.22 bits per heavy atom. The molecule has 6 nitrogen and oxygen atoms in total. The predicted octanol–water partition coefficient (Wildman–Crippen LogP) is 3.62. The molecule has 0 saturated carbocycles. The van der Waals surface area contributed by atoms with Gasteiger partial charge in [0, 0.05) is 18.8 Å². The van der Waals surface area contributed by atoms with Crippen molar-refractivity contribution in [3.8, 4) is 0 Å². The zero-order chi connectivity index (χ0) is 16.2. The van der Waals surface area contributed by atoms with Gasteiger partial charge < -0.3 is 16.0 Å². The number of aromatic nitrogens is 3. The summed E-state index contributed by atoms with van der Waals surface area (Å²) in [6.45, 7) is 3.18. The maximum absolute atomic E-state index is 6.34. The monoisotopic (exact) mass is 332 g/mol. The fourth-order valence-corrected chi connectivity index (χ4v) is 3.19. The Labute approximate surface area is 141 Å². The van der Waals surface area contributed by atoms with E-state index in [0.717, 1.165) is 25.2 Å². The zero-order valence-corrected chi connectivity index (χ0v) is 13.9. The lowest BCUT2D eigenvalue weighted by atomic mass is 10.00. The SMILES string of the molecule is CCC1CCCCN1c1ncnc(Nc2cccnc2Cl)c1N. The third-order valence-corrected chi connectivity index (χ3v) is 4.55. The number of hydrogen-bond acceptors (Lipinski definition) is 6. The van der Waals surface area contributed by atoms with Gasteiger partial charge in [0.1, 0.15) is 12.0 Å². The number of nitrogens with one attached hydrogen (secondary N) is 1. The molecule has 1 aliphatic heterocycles. The summed E-state index contributed by atoms with van der Waals surface area (Å²) in [5, 5.41) is 3.54. The Kier molecular flexibility index (Phi) is 4.81. The van der Waals surface area contributed by atoms with Crippen molar-refractivity contribution >= 4 is 34.6 Å². The van der Waals surface area contributed by atoms with Crippen LogP contribution >= 0.6 is 11.6 Å². The Morgan fingerprint density at radius 3 is 3.00 bits per heavy atom. The number of nitrogens with zero attached hydrogens (tertiary/aromatic N) is 4. The van der Waals surface area contributed by atoms with Crippen LogP contribution in [0.3, 0.4) is 0 Å². The quantitative estimate of drug-likeness (QED) is 0.832. The molecule has 1 unspecified atom stereocenters. The zero-order valence-electron chi connectivity index (χ0n) is 13.2. The third-order valence-electron chi connectivity index (χ3n) is 4.25. The summed E-state index contributed by atoms with van der Waals surface area (Å²) in [6.07, 6.45) is 7.87. The van der Waals surface area contributed by atoms with Gasteiger partial charge in [-0.15, -0.1) is 0 Å². The smallest absolute Gasteiger partial charge is 0.159 e. The maximum Gasteiger partial charge on any atom is 0.159 e. The number of nitrogen functional groups attached to an aromatic ring is 1. The summed E-state index contributed by atoms with van der Waals surface area (Å²) in [5.41, 5.74) is 7.56. The van der Waals surface area contributed by atoms with Crippen molar-refractivity contribution in [1.29, 1.82) is 0 Å². The van der Waals surface area contributed by atoms with Crippen LogP contribution in [0.1, 0.15) is 32.6 Å². The van der Waals surface area contributed by atoms with Crippen molar-refractivity contribution in [2.75, 3.05) is 22.5 Å². The third kappa shape index (κ3) is 3.32. The van der Waals surface area contributed by atoms with Crippen LogP contribution in [0.4, 0.5) is 23.0 Å². The molecule has 1 saturated heterocycles. The molecule has 3 heterocycles. The van der Waals surface area contributed by atoms with E-state index in [9.17, 15) is 0 Å². The number of hydrogen-bond donors (Lipinski definition) is 2. The summed E-state index contributed by atoms with van der Waals surface area (Å²) in [4.78, 5) is 15.0. The molecule has 1 atom stereocenters. The van der Waals surface area contributed by atoms with Gasteiger partial charge in [-0.05, 0) is 37.8 Å². The highest BCUT2D eigenvalue weighted by Crippen LogP contribution is 2.34. The number of nitrogens with two attached hydrogens (primary N) is 1. The number of rotatable bonds is 4. The van der Waals surface area contributed by atoms with Gasteiger partial charge in [-0.3, -0.25) is 0 Å². The summed E-state index contributed by atoms with van der Waals surface area (Å²) in [6, 6.07) is 4.13. The molecule has 0 radical (unpaired) electrons. The van der Waals surface area contributed by atoms with Gasteiger partial charge in [0.2, 0.25) is 0 Å². The molecule has 23 heavy (non-hydrogen) atoms. The Morgan fingerprint density at radius 1 is 1.35 bits per heavy atom. The van der Waals surface area contributed by atoms with Crippen LogP contribution in [0.5, 0.6) is 0 Å². The van der Waals surface area contributed by atoms with Gasteiger partial charge in [-0.1, -0.05) is 18.5 Å². The van der Waals surface area contributed by atoms with Crippen molar-refractivity contribution in [1.82, 2.24) is 15.0 Å². The molecular formula is C16H21ClN6. The maximum atomic E-state index is 6.34. The largest absolute Gasteiger partial charge is 0.393 e. The predicted molar refractivity (Wildman–Crippen MR) is 94.3 cm³/mol. The van der Waals surface area contributed by atoms with E-state index in [4.69, 9.17) is 17.3 Å². The van der Waals surface area contributed by atoms with Crippen LogP contribution in [0.25, 0.3) is 0 Å². The second kappa shape index (κ2) is 7.00. The van der Waals surface area contributed by atoms with Crippen LogP contribution in [0.2, 0.25) is 5.15 Å². The van der Waals surface area contributed by atoms with Crippen LogP contribution in [-0.2, 0) is 0 Å². The molecule has 1 aliphatic rings. The second-order valence-electron chi connectivity index (χ2n) is 5.68. The van der Waals surface area contributed by atoms with E-state index in [1.165, 1.54) is 12.8 Å². The van der Waals surface area contributed by atoms with Crippen molar-refractivity contribution in [2.45, 2.75) is 38.6 Å². The van der Waals surface area contributed by atoms with Crippen LogP contribution in [0.15, 0.2) is 24.7 Å². The highest BCUT2D eigenvalue weighted by Gasteiger charge is 2.25. The number of pyridine rings is 1. The Hall–Kier alpha value is -2.08. The van der Waals surface area contributed by atoms with Gasteiger partial charge in [0.25, 0.3) is 0 Å². The van der Waals surface area contributed by atoms with Crippen molar-refractivity contribution in [2.24, 2.45) is 0 Å². The average Bonchev–Trinajstić information content (AvgIpc) is 2.58. The highest BCUT2D eigenvalue weighted by molar-refractivity contribution is 6.32. The van der Waals surface area contributed by atoms with E-state index in [0.29, 0.717) is 28.4 Å². The molecule has 2 aromatic heterocycles. The summed E-state index contributed by atoms with van der Waals surface area (Å²) in [7, 11) is 0. The molecule has 1 fully saturated rings. The molecule has 0 amide bonds. The van der Waals surface area contributed by atoms with Crippen LogP contribution in [0, 0.1) is 0 Å². The first-order valence-electron chi connectivity index (χ1n) is 7.95. The van der Waals surface area contributed by atoms with Gasteiger partial charge in [-0.2, -0.15) is 0 Å². The summed E-state index contributed by atoms with van der Waals surface area (Å²) in [5.74, 6) is 1.36. The molecule has 7 heteroatoms. The molecule has 0 aromatic carbocycles. The van der Waals surface area contributed by atoms with E-state index in [1.54, 1.807) is 12.5 Å². The minimum atomic E-state index is 0.386. The van der Waals surface area contributed by atoms with E-state index >= 15 is 0 Å². The molecule has 0 bridgehead atoms. The Bertz CT molecular complexity index is 677. The van der Waals surface area contributed by atoms with Gasteiger partial charge in [0.05, 0.1) is 5.69 Å². The second-order valence-corrected chi connectivity index (χ2v) is 6.04. The number of anilines is 4. The standard InChI is InChI=1S/C16H21ClN6/c1-2-11-6-3-4-9-23(11)16-13(18)15(20-10-21-16)22-12-7-5-8-19-14(12)17/h5,7-8,10-11H,2-4,6,9,18H2,1H3,(H,20,21,22). The average molecular weight is 333 g/mol. The van der Waals surface area contributed by atoms with E-state index in [1.807, 2.05) is 12.1 Å². The first-order chi connectivity index (χ1) is 11.2. The first-order valence-corrected chi connectivity index (χ1v) is 8.33. The summed E-state index contributed by atoms with van der Waals surface area (Å²) < 4.78 is 0. The number of halogens is 1. The van der Waals surface area contributed by atoms with Gasteiger partial charge >= 0.3 is 0 Å². The molecule has 3 N–H and O–H groups in total. The van der Waals surface area contributed by atoms with Crippen LogP contribution < -0.4 is 16.0 Å². The first kappa shape index (κ1) is 15.8. The molecule has 2 aromatic rings. The molecule has 3 rings (SSSR count). The fourth-order valence-electron chi connectivity index (χ4n) is 3.03. The minimum Gasteiger partial charge on any atom is -0.393 e. The van der Waals surface area contributed by atoms with Gasteiger partial charge in [0.15, 0.2) is 16.8 Å². The lowest BCUT2D eigenvalue weighted by molar-refractivity contribution is 0.447. The van der Waals surface area contributed by atoms with Crippen molar-refractivity contribution in [3.63, 3.8) is 0 Å². The summed E-state index contributed by atoms with van der Waals surface area (Å²) >= 11 is 6.09. The van der Waals surface area contributed by atoms with Gasteiger partial charge in [-0.25, -0.2) is 15.0 Å². The Balaban J connectivity index is 1.90. The van der Waals surface area contributed by atoms with Crippen LogP contribution in [-0.4, -0.2) is 27.5 Å². The van der Waals surface area contributed by atoms with Crippen molar-refractivity contribution in [3.05, 3.63) is 29.8 Å². The minimum absolute atomic E-state index is 0.386. The number of piperidine rings is 1. The van der Waals surface area contributed by atoms with E-state index in [2.05, 4.69) is 32.1 Å². The lowest BCUT2D eigenvalue weighted by Crippen LogP contribution is -2.40. The highest BCUT2D eigenvalue weighted by atomic mass is 35.5. The van der Waals surface area contributed by atoms with E-state index < -0.39 is 0 Å². The fraction of sp³-hybridized carbons (Fsp3) is 0.438. The lowest BCUT2D eigenvalue weighted by Gasteiger charge is -2.36. The topological polar surface area (TPSA) is 80.0 Å². The normalized spacial score (nSPS) is 18.0.